The van der Waals surface area contributed by atoms with Crippen molar-refractivity contribution < 1.29 is 4.74 Å². The van der Waals surface area contributed by atoms with Gasteiger partial charge in [-0.1, -0.05) is 11.6 Å². The molecule has 1 fully saturated rings. The molecule has 1 aliphatic rings. The van der Waals surface area contributed by atoms with Crippen LogP contribution in [-0.4, -0.2) is 39.6 Å². The molecule has 7 nitrogen and oxygen atoms in total. The van der Waals surface area contributed by atoms with Crippen LogP contribution in [0.4, 0.5) is 11.8 Å². The number of hydrogen-bond donors (Lipinski definition) is 1. The van der Waals surface area contributed by atoms with Gasteiger partial charge in [0.15, 0.2) is 17.0 Å². The van der Waals surface area contributed by atoms with Crippen LogP contribution in [0.1, 0.15) is 11.0 Å². The molecule has 23 heavy (non-hydrogen) atoms. The first-order chi connectivity index (χ1) is 11.2. The van der Waals surface area contributed by atoms with E-state index >= 15 is 0 Å². The topological polar surface area (TPSA) is 90.0 Å². The van der Waals surface area contributed by atoms with Crippen molar-refractivity contribution in [1.82, 2.24) is 19.9 Å². The van der Waals surface area contributed by atoms with E-state index in [-0.39, 0.29) is 12.1 Å². The Bertz CT molecular complexity index is 856. The fourth-order valence-corrected chi connectivity index (χ4v) is 3.70. The van der Waals surface area contributed by atoms with Crippen LogP contribution in [0.5, 0.6) is 0 Å². The zero-order valence-electron chi connectivity index (χ0n) is 12.0. The van der Waals surface area contributed by atoms with Crippen molar-refractivity contribution in [3.8, 4) is 0 Å². The van der Waals surface area contributed by atoms with Gasteiger partial charge in [-0.15, -0.1) is 11.3 Å². The Balaban J connectivity index is 1.70. The highest BCUT2D eigenvalue weighted by molar-refractivity contribution is 7.16. The SMILES string of the molecule is Nc1nc(N2CCOC(c3ccc(Cl)s3)C2)c2nccnc2n1. The van der Waals surface area contributed by atoms with E-state index < -0.39 is 0 Å². The number of hydrogen-bond acceptors (Lipinski definition) is 8. The molecule has 0 aromatic carbocycles. The number of rotatable bonds is 2. The molecule has 118 valence electrons. The van der Waals surface area contributed by atoms with Crippen LogP contribution in [-0.2, 0) is 4.74 Å². The molecule has 1 atom stereocenters. The molecule has 1 aliphatic heterocycles. The summed E-state index contributed by atoms with van der Waals surface area (Å²) >= 11 is 7.55. The van der Waals surface area contributed by atoms with Crippen LogP contribution in [0.25, 0.3) is 11.2 Å². The van der Waals surface area contributed by atoms with Crippen LogP contribution >= 0.6 is 22.9 Å². The smallest absolute Gasteiger partial charge is 0.224 e. The number of nitrogen functional groups attached to an aromatic ring is 1. The van der Waals surface area contributed by atoms with Crippen LogP contribution in [0.3, 0.4) is 0 Å². The van der Waals surface area contributed by atoms with Gasteiger partial charge in [0, 0.05) is 23.8 Å². The minimum absolute atomic E-state index is 0.0517. The summed E-state index contributed by atoms with van der Waals surface area (Å²) in [7, 11) is 0. The number of aromatic nitrogens is 4. The molecule has 2 N–H and O–H groups in total. The maximum atomic E-state index is 6.03. The monoisotopic (exact) mass is 348 g/mol. The Kier molecular flexibility index (Phi) is 3.72. The molecule has 0 aliphatic carbocycles. The minimum atomic E-state index is -0.0517. The first kappa shape index (κ1) is 14.6. The van der Waals surface area contributed by atoms with E-state index in [9.17, 15) is 0 Å². The summed E-state index contributed by atoms with van der Waals surface area (Å²) in [6.07, 6.45) is 3.17. The molecule has 4 heterocycles. The van der Waals surface area contributed by atoms with Crippen molar-refractivity contribution in [1.29, 1.82) is 0 Å². The lowest BCUT2D eigenvalue weighted by molar-refractivity contribution is 0.0419. The zero-order valence-corrected chi connectivity index (χ0v) is 13.6. The van der Waals surface area contributed by atoms with Gasteiger partial charge in [-0.25, -0.2) is 9.97 Å². The number of nitrogens with two attached hydrogens (primary N) is 1. The van der Waals surface area contributed by atoms with Gasteiger partial charge >= 0.3 is 0 Å². The summed E-state index contributed by atoms with van der Waals surface area (Å²) in [6.45, 7) is 1.95. The molecule has 0 bridgehead atoms. The van der Waals surface area contributed by atoms with Gasteiger partial charge in [-0.05, 0) is 12.1 Å². The summed E-state index contributed by atoms with van der Waals surface area (Å²) in [5.41, 5.74) is 6.96. The van der Waals surface area contributed by atoms with E-state index in [1.807, 2.05) is 12.1 Å². The van der Waals surface area contributed by atoms with Crippen molar-refractivity contribution in [2.24, 2.45) is 0 Å². The lowest BCUT2D eigenvalue weighted by atomic mass is 10.2. The van der Waals surface area contributed by atoms with Crippen LogP contribution in [0.2, 0.25) is 4.34 Å². The van der Waals surface area contributed by atoms with Crippen molar-refractivity contribution in [3.63, 3.8) is 0 Å². The summed E-state index contributed by atoms with van der Waals surface area (Å²) in [5.74, 6) is 0.881. The molecule has 9 heteroatoms. The van der Waals surface area contributed by atoms with E-state index in [1.165, 1.54) is 11.3 Å². The lowest BCUT2D eigenvalue weighted by Crippen LogP contribution is -2.39. The second-order valence-corrected chi connectivity index (χ2v) is 6.83. The Morgan fingerprint density at radius 3 is 2.96 bits per heavy atom. The molecule has 3 aromatic heterocycles. The van der Waals surface area contributed by atoms with Gasteiger partial charge < -0.3 is 15.4 Å². The second kappa shape index (κ2) is 5.88. The van der Waals surface area contributed by atoms with Gasteiger partial charge in [-0.2, -0.15) is 9.97 Å². The quantitative estimate of drug-likeness (QED) is 0.759. The highest BCUT2D eigenvalue weighted by Crippen LogP contribution is 2.33. The third kappa shape index (κ3) is 2.80. The van der Waals surface area contributed by atoms with E-state index in [0.29, 0.717) is 36.7 Å². The summed E-state index contributed by atoms with van der Waals surface area (Å²) in [4.78, 5) is 20.3. The minimum Gasteiger partial charge on any atom is -0.369 e. The molecule has 0 spiro atoms. The number of nitrogens with zero attached hydrogens (tertiary/aromatic N) is 5. The van der Waals surface area contributed by atoms with Crippen molar-refractivity contribution in [2.45, 2.75) is 6.10 Å². The molecule has 1 unspecified atom stereocenters. The summed E-state index contributed by atoms with van der Waals surface area (Å²) in [6, 6.07) is 3.88. The van der Waals surface area contributed by atoms with Crippen molar-refractivity contribution in [3.05, 3.63) is 33.7 Å². The van der Waals surface area contributed by atoms with Crippen LogP contribution < -0.4 is 10.6 Å². The number of thiophene rings is 1. The largest absolute Gasteiger partial charge is 0.369 e. The highest BCUT2D eigenvalue weighted by atomic mass is 35.5. The van der Waals surface area contributed by atoms with Crippen LogP contribution in [0.15, 0.2) is 24.5 Å². The first-order valence-electron chi connectivity index (χ1n) is 7.07. The Hall–Kier alpha value is -2.03. The lowest BCUT2D eigenvalue weighted by Gasteiger charge is -2.33. The maximum absolute atomic E-state index is 6.03. The molecule has 0 saturated carbocycles. The summed E-state index contributed by atoms with van der Waals surface area (Å²) in [5, 5.41) is 0. The van der Waals surface area contributed by atoms with E-state index in [1.54, 1.807) is 12.4 Å². The van der Waals surface area contributed by atoms with Gasteiger partial charge in [0.1, 0.15) is 6.10 Å². The standard InChI is InChI=1S/C14H13ClN6OS/c15-10-2-1-9(23-10)8-7-21(5-6-22-8)13-11-12(18-4-3-17-11)19-14(16)20-13/h1-4,8H,5-7H2,(H2,16,18,19,20). The Labute approximate surface area is 141 Å². The van der Waals surface area contributed by atoms with E-state index in [0.717, 1.165) is 9.21 Å². The average molecular weight is 349 g/mol. The molecular weight excluding hydrogens is 336 g/mol. The molecule has 4 rings (SSSR count). The Morgan fingerprint density at radius 2 is 2.13 bits per heavy atom. The number of halogens is 1. The maximum Gasteiger partial charge on any atom is 0.224 e. The predicted molar refractivity (Wildman–Crippen MR) is 89.8 cm³/mol. The third-order valence-electron chi connectivity index (χ3n) is 3.61. The van der Waals surface area contributed by atoms with E-state index in [2.05, 4.69) is 24.8 Å². The van der Waals surface area contributed by atoms with Crippen LogP contribution in [0, 0.1) is 0 Å². The zero-order chi connectivity index (χ0) is 15.8. The van der Waals surface area contributed by atoms with Gasteiger partial charge in [0.2, 0.25) is 5.95 Å². The number of fused-ring (bicyclic) bond motifs is 1. The Morgan fingerprint density at radius 1 is 1.26 bits per heavy atom. The molecule has 0 amide bonds. The van der Waals surface area contributed by atoms with Gasteiger partial charge in [0.05, 0.1) is 17.5 Å². The average Bonchev–Trinajstić information content (AvgIpc) is 3.01. The first-order valence-corrected chi connectivity index (χ1v) is 8.26. The number of ether oxygens (including phenoxy) is 1. The third-order valence-corrected chi connectivity index (χ3v) is 4.93. The molecule has 3 aromatic rings. The van der Waals surface area contributed by atoms with E-state index in [4.69, 9.17) is 22.1 Å². The number of anilines is 2. The molecular formula is C14H13ClN6OS. The second-order valence-electron chi connectivity index (χ2n) is 5.08. The highest BCUT2D eigenvalue weighted by Gasteiger charge is 2.26. The van der Waals surface area contributed by atoms with Crippen molar-refractivity contribution in [2.75, 3.05) is 30.3 Å². The van der Waals surface area contributed by atoms with Crippen molar-refractivity contribution >= 4 is 45.9 Å². The van der Waals surface area contributed by atoms with Gasteiger partial charge in [0.25, 0.3) is 0 Å². The van der Waals surface area contributed by atoms with Gasteiger partial charge in [-0.3, -0.25) is 0 Å². The fourth-order valence-electron chi connectivity index (χ4n) is 2.60. The fraction of sp³-hybridized carbons (Fsp3) is 0.286. The summed E-state index contributed by atoms with van der Waals surface area (Å²) < 4.78 is 6.62. The normalized spacial score (nSPS) is 18.5. The predicted octanol–water partition coefficient (Wildman–Crippen LogP) is 2.29. The molecule has 1 saturated heterocycles. The number of morpholine rings is 1. The molecule has 0 radical (unpaired) electrons.